The van der Waals surface area contributed by atoms with Gasteiger partial charge in [-0.2, -0.15) is 18.4 Å². The molecular formula is C41H50F3N7O5S. The predicted octanol–water partition coefficient (Wildman–Crippen LogP) is 6.44. The number of nitriles is 1. The maximum atomic E-state index is 13.7. The average molecular weight is 810 g/mol. The summed E-state index contributed by atoms with van der Waals surface area (Å²) >= 11 is 5.75. The summed E-state index contributed by atoms with van der Waals surface area (Å²) in [4.78, 5) is 59.9. The second-order valence-corrected chi connectivity index (χ2v) is 16.7. The standard InChI is InChI=1S/C41H50F3N7O5S/c1-24-18-31(19-25(2)49(24)23-36(53)47-28-10-15-34(46-22-28)32-14-16-35(52)48-37(32)54)56-17-5-6-26-7-11-29(12-8-26)51-39(57)50(38(55)40(51,3)4)30-13-9-27(21-45)33(20-30)41(42,43)44/h9-10,13,15,20,22,24-26,29,31-32H,5-8,11-12,14,16-19,23H2,1-4H3,(H,47,53)(H,48,52,54)/t24-,25+,26-,29-,31?,32?. The molecule has 2 aromatic rings. The normalized spacial score (nSPS) is 27.0. The lowest BCUT2D eigenvalue weighted by Crippen LogP contribution is -2.51. The molecule has 4 heterocycles. The van der Waals surface area contributed by atoms with Crippen LogP contribution in [-0.4, -0.2) is 86.4 Å². The largest absolute Gasteiger partial charge is 0.417 e. The molecule has 3 aliphatic heterocycles. The lowest BCUT2D eigenvalue weighted by molar-refractivity contribution is -0.138. The first-order valence-corrected chi connectivity index (χ1v) is 20.1. The molecule has 306 valence electrons. The zero-order valence-corrected chi connectivity index (χ0v) is 33.5. The van der Waals surface area contributed by atoms with Crippen LogP contribution in [0.4, 0.5) is 24.5 Å². The average Bonchev–Trinajstić information content (AvgIpc) is 3.33. The van der Waals surface area contributed by atoms with Crippen LogP contribution in [0.1, 0.15) is 115 Å². The molecule has 1 saturated carbocycles. The van der Waals surface area contributed by atoms with Gasteiger partial charge in [0.15, 0.2) is 5.11 Å². The number of hydrogen-bond acceptors (Lipinski definition) is 9. The minimum absolute atomic E-state index is 0.00559. The maximum Gasteiger partial charge on any atom is 0.417 e. The first-order valence-electron chi connectivity index (χ1n) is 19.7. The van der Waals surface area contributed by atoms with E-state index >= 15 is 0 Å². The van der Waals surface area contributed by atoms with Crippen molar-refractivity contribution < 1.29 is 37.1 Å². The van der Waals surface area contributed by atoms with Gasteiger partial charge >= 0.3 is 6.18 Å². The van der Waals surface area contributed by atoms with Gasteiger partial charge in [0.05, 0.1) is 59.0 Å². The van der Waals surface area contributed by atoms with E-state index in [1.54, 1.807) is 32.0 Å². The van der Waals surface area contributed by atoms with Gasteiger partial charge in [-0.15, -0.1) is 0 Å². The van der Waals surface area contributed by atoms with E-state index in [0.717, 1.165) is 63.5 Å². The van der Waals surface area contributed by atoms with Crippen LogP contribution in [0, 0.1) is 17.2 Å². The van der Waals surface area contributed by atoms with Crippen molar-refractivity contribution in [3.05, 3.63) is 53.3 Å². The third-order valence-corrected chi connectivity index (χ3v) is 12.4. The SMILES string of the molecule is C[C@@H]1CC(OCCC[C@H]2CC[C@H](N3C(=S)N(c4ccc(C#N)c(C(F)(F)F)c4)C(=O)C3(C)C)CC2)C[C@H](C)N1CC(=O)Nc1ccc(C2CCC(=O)NC2=O)nc1. The minimum atomic E-state index is -4.75. The van der Waals surface area contributed by atoms with Crippen molar-refractivity contribution in [3.8, 4) is 6.07 Å². The fraction of sp³-hybridized carbons (Fsp3) is 0.585. The Morgan fingerprint density at radius 3 is 2.39 bits per heavy atom. The van der Waals surface area contributed by atoms with E-state index in [1.807, 2.05) is 4.90 Å². The van der Waals surface area contributed by atoms with E-state index in [-0.39, 0.29) is 65.7 Å². The molecular weight excluding hydrogens is 760 g/mol. The molecule has 4 atom stereocenters. The molecule has 0 radical (unpaired) electrons. The van der Waals surface area contributed by atoms with Crippen LogP contribution in [0.25, 0.3) is 0 Å². The number of rotatable bonds is 11. The highest BCUT2D eigenvalue weighted by Crippen LogP contribution is 2.41. The molecule has 4 amide bonds. The van der Waals surface area contributed by atoms with Gasteiger partial charge in [0.1, 0.15) is 5.54 Å². The fourth-order valence-electron chi connectivity index (χ4n) is 9.01. The number of imide groups is 1. The van der Waals surface area contributed by atoms with E-state index in [2.05, 4.69) is 34.4 Å². The van der Waals surface area contributed by atoms with Crippen molar-refractivity contribution in [1.82, 2.24) is 20.1 Å². The van der Waals surface area contributed by atoms with Crippen molar-refractivity contribution in [2.24, 2.45) is 5.92 Å². The van der Waals surface area contributed by atoms with E-state index in [1.165, 1.54) is 17.2 Å². The number of hydrogen-bond donors (Lipinski definition) is 2. The smallest absolute Gasteiger partial charge is 0.378 e. The Bertz CT molecular complexity index is 1900. The van der Waals surface area contributed by atoms with Gasteiger partial charge < -0.3 is 15.0 Å². The van der Waals surface area contributed by atoms with Crippen LogP contribution < -0.4 is 15.5 Å². The summed E-state index contributed by atoms with van der Waals surface area (Å²) in [5, 5.41) is 14.7. The number of alkyl halides is 3. The number of benzene rings is 1. The number of amides is 4. The zero-order valence-electron chi connectivity index (χ0n) is 32.7. The van der Waals surface area contributed by atoms with Crippen molar-refractivity contribution >= 4 is 52.3 Å². The first kappa shape index (κ1) is 42.2. The Morgan fingerprint density at radius 2 is 1.77 bits per heavy atom. The zero-order chi connectivity index (χ0) is 41.2. The molecule has 4 aliphatic rings. The Hall–Kier alpha value is -4.46. The minimum Gasteiger partial charge on any atom is -0.378 e. The number of halogens is 3. The molecule has 16 heteroatoms. The van der Waals surface area contributed by atoms with Crippen LogP contribution >= 0.6 is 12.2 Å². The summed E-state index contributed by atoms with van der Waals surface area (Å²) in [6.45, 7) is 8.60. The molecule has 4 fully saturated rings. The van der Waals surface area contributed by atoms with Crippen LogP contribution in [0.2, 0.25) is 0 Å². The molecule has 57 heavy (non-hydrogen) atoms. The van der Waals surface area contributed by atoms with Crippen molar-refractivity contribution in [3.63, 3.8) is 0 Å². The lowest BCUT2D eigenvalue weighted by Gasteiger charge is -2.42. The van der Waals surface area contributed by atoms with Crippen LogP contribution in [-0.2, 0) is 30.1 Å². The number of pyridine rings is 1. The third-order valence-electron chi connectivity index (χ3n) is 12.0. The number of anilines is 2. The molecule has 6 rings (SSSR count). The first-order chi connectivity index (χ1) is 27.0. The third kappa shape index (κ3) is 9.31. The lowest BCUT2D eigenvalue weighted by atomic mass is 9.82. The Balaban J connectivity index is 0.918. The fourth-order valence-corrected chi connectivity index (χ4v) is 9.57. The molecule has 1 aromatic heterocycles. The van der Waals surface area contributed by atoms with Gasteiger partial charge in [0.25, 0.3) is 5.91 Å². The van der Waals surface area contributed by atoms with Crippen LogP contribution in [0.15, 0.2) is 36.5 Å². The number of piperidine rings is 2. The maximum absolute atomic E-state index is 13.7. The van der Waals surface area contributed by atoms with Crippen molar-refractivity contribution in [2.75, 3.05) is 23.4 Å². The second-order valence-electron chi connectivity index (χ2n) is 16.4. The number of carbonyl (C=O) groups excluding carboxylic acids is 4. The van der Waals surface area contributed by atoms with Gasteiger partial charge in [-0.1, -0.05) is 0 Å². The van der Waals surface area contributed by atoms with Crippen molar-refractivity contribution in [1.29, 1.82) is 5.26 Å². The number of likely N-dealkylation sites (tertiary alicyclic amines) is 1. The number of ether oxygens (including phenoxy) is 1. The number of nitrogens with zero attached hydrogens (tertiary/aromatic N) is 5. The van der Waals surface area contributed by atoms with Crippen molar-refractivity contribution in [2.45, 2.75) is 134 Å². The van der Waals surface area contributed by atoms with Gasteiger partial charge in [-0.05, 0) is 134 Å². The summed E-state index contributed by atoms with van der Waals surface area (Å²) < 4.78 is 47.5. The highest BCUT2D eigenvalue weighted by atomic mass is 32.1. The Morgan fingerprint density at radius 1 is 1.07 bits per heavy atom. The van der Waals surface area contributed by atoms with Gasteiger partial charge in [0, 0.05) is 31.2 Å². The molecule has 2 unspecified atom stereocenters. The molecule has 1 aliphatic carbocycles. The highest BCUT2D eigenvalue weighted by Gasteiger charge is 2.52. The topological polar surface area (TPSA) is 148 Å². The molecule has 12 nitrogen and oxygen atoms in total. The summed E-state index contributed by atoms with van der Waals surface area (Å²) in [6, 6.07) is 8.53. The summed E-state index contributed by atoms with van der Waals surface area (Å²) in [5.74, 6) is -1.17. The second kappa shape index (κ2) is 17.2. The van der Waals surface area contributed by atoms with E-state index in [9.17, 15) is 37.6 Å². The summed E-state index contributed by atoms with van der Waals surface area (Å²) in [7, 11) is 0. The Kier molecular flexibility index (Phi) is 12.7. The summed E-state index contributed by atoms with van der Waals surface area (Å²) in [6.07, 6.45) is 4.60. The molecule has 2 N–H and O–H groups in total. The Labute approximate surface area is 336 Å². The number of aromatic nitrogens is 1. The van der Waals surface area contributed by atoms with Gasteiger partial charge in [-0.3, -0.25) is 39.3 Å². The quantitative estimate of drug-likeness (QED) is 0.148. The number of nitrogens with one attached hydrogen (secondary N) is 2. The van der Waals surface area contributed by atoms with Crippen LogP contribution in [0.5, 0.6) is 0 Å². The van der Waals surface area contributed by atoms with Gasteiger partial charge in [-0.25, -0.2) is 0 Å². The van der Waals surface area contributed by atoms with Crippen LogP contribution in [0.3, 0.4) is 0 Å². The molecule has 0 bridgehead atoms. The monoisotopic (exact) mass is 809 g/mol. The number of thiocarbonyl (C=S) groups is 1. The predicted molar refractivity (Wildman–Crippen MR) is 210 cm³/mol. The highest BCUT2D eigenvalue weighted by molar-refractivity contribution is 7.80. The molecule has 1 aromatic carbocycles. The summed E-state index contributed by atoms with van der Waals surface area (Å²) in [5.41, 5.74) is -1.53. The molecule has 0 spiro atoms. The molecule has 3 saturated heterocycles. The van der Waals surface area contributed by atoms with E-state index < -0.39 is 34.7 Å². The van der Waals surface area contributed by atoms with E-state index in [0.29, 0.717) is 30.3 Å². The van der Waals surface area contributed by atoms with Gasteiger partial charge in [0.2, 0.25) is 17.7 Å². The van der Waals surface area contributed by atoms with E-state index in [4.69, 9.17) is 17.0 Å². The number of carbonyl (C=O) groups is 4.